The fraction of sp³-hybridized carbons (Fsp3) is 0.556. The van der Waals surface area contributed by atoms with Crippen molar-refractivity contribution in [3.63, 3.8) is 0 Å². The lowest BCUT2D eigenvalue weighted by atomic mass is 10.2. The Hall–Kier alpha value is -1.93. The minimum absolute atomic E-state index is 0.0514. The van der Waals surface area contributed by atoms with Crippen molar-refractivity contribution in [3.05, 3.63) is 66.2 Å². The molecule has 38 heavy (non-hydrogen) atoms. The van der Waals surface area contributed by atoms with Gasteiger partial charge in [-0.25, -0.2) is 0 Å². The third-order valence-electron chi connectivity index (χ3n) is 4.84. The predicted molar refractivity (Wildman–Crippen MR) is 141 cm³/mol. The lowest BCUT2D eigenvalue weighted by Gasteiger charge is -2.09. The molecule has 0 aliphatic heterocycles. The average Bonchev–Trinajstić information content (AvgIpc) is 2.94. The average molecular weight is 557 g/mol. The molecule has 0 saturated carbocycles. The molecular formula is C27H40O10S. The molecule has 214 valence electrons. The Kier molecular flexibility index (Phi) is 18.6. The van der Waals surface area contributed by atoms with Crippen molar-refractivity contribution in [2.24, 2.45) is 0 Å². The van der Waals surface area contributed by atoms with Gasteiger partial charge < -0.3 is 33.2 Å². The first kappa shape index (κ1) is 32.3. The molecule has 0 unspecified atom stereocenters. The Bertz CT molecular complexity index is 897. The van der Waals surface area contributed by atoms with E-state index in [1.807, 2.05) is 30.3 Å². The molecule has 2 aromatic carbocycles. The van der Waals surface area contributed by atoms with Gasteiger partial charge in [0.1, 0.15) is 0 Å². The van der Waals surface area contributed by atoms with Crippen LogP contribution in [0.4, 0.5) is 0 Å². The Labute approximate surface area is 226 Å². The summed E-state index contributed by atoms with van der Waals surface area (Å²) in [6.45, 7) is 6.37. The Balaban J connectivity index is 1.22. The second kappa shape index (κ2) is 21.9. The normalized spacial score (nSPS) is 11.7. The molecule has 0 saturated heterocycles. The van der Waals surface area contributed by atoms with Crippen molar-refractivity contribution in [2.45, 2.75) is 11.5 Å². The molecule has 11 heteroatoms. The minimum atomic E-state index is -3.75. The van der Waals surface area contributed by atoms with E-state index in [1.54, 1.807) is 18.2 Å². The molecule has 10 nitrogen and oxygen atoms in total. The zero-order valence-electron chi connectivity index (χ0n) is 21.9. The summed E-state index contributed by atoms with van der Waals surface area (Å²) in [6.07, 6.45) is 0. The molecule has 0 spiro atoms. The molecule has 0 aliphatic carbocycles. The van der Waals surface area contributed by atoms with Gasteiger partial charge in [-0.15, -0.1) is 0 Å². The van der Waals surface area contributed by atoms with Crippen LogP contribution in [0.5, 0.6) is 0 Å². The summed E-state index contributed by atoms with van der Waals surface area (Å²) in [5.41, 5.74) is 1.15. The van der Waals surface area contributed by atoms with Crippen molar-refractivity contribution in [3.8, 4) is 0 Å². The first-order valence-corrected chi connectivity index (χ1v) is 14.1. The summed E-state index contributed by atoms with van der Waals surface area (Å²) in [5.74, 6) is 0. The van der Waals surface area contributed by atoms with Crippen LogP contribution in [0.2, 0.25) is 0 Å². The molecule has 0 amide bonds. The number of hydrogen-bond acceptors (Lipinski definition) is 10. The van der Waals surface area contributed by atoms with Crippen LogP contribution < -0.4 is 0 Å². The smallest absolute Gasteiger partial charge is 0.297 e. The van der Waals surface area contributed by atoms with E-state index < -0.39 is 10.1 Å². The summed E-state index contributed by atoms with van der Waals surface area (Å²) < 4.78 is 66.8. The van der Waals surface area contributed by atoms with E-state index in [9.17, 15) is 8.42 Å². The highest BCUT2D eigenvalue weighted by Gasteiger charge is 2.13. The van der Waals surface area contributed by atoms with Crippen LogP contribution in [0.25, 0.3) is 0 Å². The fourth-order valence-corrected chi connectivity index (χ4v) is 3.86. The summed E-state index contributed by atoms with van der Waals surface area (Å²) in [5, 5.41) is 0. The third-order valence-corrected chi connectivity index (χ3v) is 6.17. The number of benzene rings is 2. The van der Waals surface area contributed by atoms with Gasteiger partial charge in [-0.1, -0.05) is 48.5 Å². The molecule has 0 heterocycles. The van der Waals surface area contributed by atoms with Gasteiger partial charge in [0.25, 0.3) is 10.1 Å². The molecule has 0 atom stereocenters. The lowest BCUT2D eigenvalue weighted by Crippen LogP contribution is -2.15. The minimum Gasteiger partial charge on any atom is -0.377 e. The third kappa shape index (κ3) is 16.8. The van der Waals surface area contributed by atoms with Crippen molar-refractivity contribution in [1.82, 2.24) is 0 Å². The second-order valence-electron chi connectivity index (χ2n) is 7.80. The summed E-state index contributed by atoms with van der Waals surface area (Å²) >= 11 is 0. The quantitative estimate of drug-likeness (QED) is 0.134. The predicted octanol–water partition coefficient (Wildman–Crippen LogP) is 2.71. The maximum Gasteiger partial charge on any atom is 0.297 e. The summed E-state index contributed by atoms with van der Waals surface area (Å²) in [7, 11) is -3.75. The Morgan fingerprint density at radius 1 is 0.421 bits per heavy atom. The van der Waals surface area contributed by atoms with E-state index in [1.165, 1.54) is 12.1 Å². The van der Waals surface area contributed by atoms with E-state index in [-0.39, 0.29) is 18.1 Å². The van der Waals surface area contributed by atoms with Crippen molar-refractivity contribution in [2.75, 3.05) is 92.5 Å². The zero-order chi connectivity index (χ0) is 27.0. The first-order chi connectivity index (χ1) is 18.7. The van der Waals surface area contributed by atoms with Crippen molar-refractivity contribution >= 4 is 10.1 Å². The molecule has 0 N–H and O–H groups in total. The van der Waals surface area contributed by atoms with Gasteiger partial charge >= 0.3 is 0 Å². The zero-order valence-corrected chi connectivity index (χ0v) is 22.7. The number of rotatable bonds is 25. The molecule has 0 fully saturated rings. The maximum absolute atomic E-state index is 11.9. The fourth-order valence-electron chi connectivity index (χ4n) is 2.94. The van der Waals surface area contributed by atoms with Gasteiger partial charge in [0.2, 0.25) is 0 Å². The molecule has 0 radical (unpaired) electrons. The second-order valence-corrected chi connectivity index (χ2v) is 9.42. The molecule has 2 aromatic rings. The van der Waals surface area contributed by atoms with Gasteiger partial charge in [-0.3, -0.25) is 4.18 Å². The van der Waals surface area contributed by atoms with Gasteiger partial charge in [0, 0.05) is 0 Å². The summed E-state index contributed by atoms with van der Waals surface area (Å²) in [6, 6.07) is 18.0. The van der Waals surface area contributed by atoms with Crippen molar-refractivity contribution < 1.29 is 45.8 Å². The van der Waals surface area contributed by atoms with E-state index in [0.29, 0.717) is 85.9 Å². The molecule has 0 aromatic heterocycles. The van der Waals surface area contributed by atoms with Gasteiger partial charge in [0.05, 0.1) is 104 Å². The Morgan fingerprint density at radius 3 is 1.18 bits per heavy atom. The van der Waals surface area contributed by atoms with Crippen LogP contribution in [-0.2, 0) is 54.1 Å². The highest BCUT2D eigenvalue weighted by molar-refractivity contribution is 7.86. The van der Waals surface area contributed by atoms with Gasteiger partial charge in [0.15, 0.2) is 0 Å². The Morgan fingerprint density at radius 2 is 0.763 bits per heavy atom. The van der Waals surface area contributed by atoms with Gasteiger partial charge in [-0.05, 0) is 17.7 Å². The van der Waals surface area contributed by atoms with Gasteiger partial charge in [-0.2, -0.15) is 8.42 Å². The highest BCUT2D eigenvalue weighted by Crippen LogP contribution is 2.10. The van der Waals surface area contributed by atoms with Crippen LogP contribution in [0.15, 0.2) is 65.6 Å². The number of hydrogen-bond donors (Lipinski definition) is 0. The van der Waals surface area contributed by atoms with Crippen LogP contribution in [-0.4, -0.2) is 101 Å². The maximum atomic E-state index is 11.9. The monoisotopic (exact) mass is 556 g/mol. The lowest BCUT2D eigenvalue weighted by molar-refractivity contribution is -0.0217. The van der Waals surface area contributed by atoms with Crippen LogP contribution >= 0.6 is 0 Å². The largest absolute Gasteiger partial charge is 0.377 e. The topological polar surface area (TPSA) is 108 Å². The van der Waals surface area contributed by atoms with Crippen LogP contribution in [0, 0.1) is 0 Å². The van der Waals surface area contributed by atoms with Crippen LogP contribution in [0.3, 0.4) is 0 Å². The van der Waals surface area contributed by atoms with E-state index in [2.05, 4.69) is 0 Å². The van der Waals surface area contributed by atoms with Crippen LogP contribution in [0.1, 0.15) is 5.56 Å². The summed E-state index contributed by atoms with van der Waals surface area (Å²) in [4.78, 5) is 0.125. The van der Waals surface area contributed by atoms with Crippen molar-refractivity contribution in [1.29, 1.82) is 0 Å². The molecule has 2 rings (SSSR count). The molecular weight excluding hydrogens is 516 g/mol. The number of ether oxygens (including phenoxy) is 7. The molecule has 0 bridgehead atoms. The first-order valence-electron chi connectivity index (χ1n) is 12.7. The SMILES string of the molecule is O=S(=O)(OCCOCCOCCOCCOCCOCCOCCOCc1ccccc1)c1ccccc1. The highest BCUT2D eigenvalue weighted by atomic mass is 32.2. The standard InChI is InChI=1S/C27H40O10S/c28-38(29,27-9-5-2-6-10-27)37-24-23-35-20-19-33-16-15-31-12-11-30-13-14-32-17-18-34-21-22-36-25-26-7-3-1-4-8-26/h1-10H,11-25H2. The van der Waals surface area contributed by atoms with E-state index in [4.69, 9.17) is 37.3 Å². The van der Waals surface area contributed by atoms with E-state index in [0.717, 1.165) is 5.56 Å². The molecule has 0 aliphatic rings. The van der Waals surface area contributed by atoms with E-state index >= 15 is 0 Å².